The molecule has 0 aromatic heterocycles. The van der Waals surface area contributed by atoms with Crippen molar-refractivity contribution in [2.75, 3.05) is 0 Å². The smallest absolute Gasteiger partial charge is 0.409 e. The number of rotatable bonds is 3. The number of hydrogen-bond donors (Lipinski definition) is 2. The molecule has 0 bridgehead atoms. The molecule has 1 unspecified atom stereocenters. The lowest BCUT2D eigenvalue weighted by Crippen LogP contribution is -2.32. The molecule has 0 saturated carbocycles. The topological polar surface area (TPSA) is 105 Å². The van der Waals surface area contributed by atoms with E-state index >= 15 is 0 Å². The maximum Gasteiger partial charge on any atom is 0.409 e. The molecule has 7 heteroatoms. The summed E-state index contributed by atoms with van der Waals surface area (Å²) in [6.07, 6.45) is -1.06. The van der Waals surface area contributed by atoms with Crippen LogP contribution in [0.3, 0.4) is 0 Å². The second kappa shape index (κ2) is 5.87. The first-order valence-electron chi connectivity index (χ1n) is 5.85. The van der Waals surface area contributed by atoms with E-state index in [1.54, 1.807) is 20.8 Å². The van der Waals surface area contributed by atoms with Crippen molar-refractivity contribution in [2.24, 2.45) is 11.5 Å². The molecule has 1 rings (SSSR count). The molecule has 1 amide bonds. The first-order valence-corrected chi connectivity index (χ1v) is 5.85. The zero-order valence-electron chi connectivity index (χ0n) is 11.5. The molecule has 0 aliphatic carbocycles. The lowest BCUT2D eigenvalue weighted by atomic mass is 10.1. The number of amides is 1. The molecule has 20 heavy (non-hydrogen) atoms. The maximum absolute atomic E-state index is 13.8. The van der Waals surface area contributed by atoms with Gasteiger partial charge in [-0.1, -0.05) is 6.07 Å². The lowest BCUT2D eigenvalue weighted by molar-refractivity contribution is -0.156. The van der Waals surface area contributed by atoms with Crippen molar-refractivity contribution in [3.63, 3.8) is 0 Å². The lowest BCUT2D eigenvalue weighted by Gasteiger charge is -2.22. The predicted molar refractivity (Wildman–Crippen MR) is 69.4 cm³/mol. The molecule has 0 aliphatic rings. The van der Waals surface area contributed by atoms with Crippen molar-refractivity contribution in [1.29, 1.82) is 0 Å². The summed E-state index contributed by atoms with van der Waals surface area (Å²) in [5.41, 5.74) is 9.68. The number of ether oxygens (including phenoxy) is 2. The van der Waals surface area contributed by atoms with Crippen LogP contribution in [0.15, 0.2) is 18.2 Å². The minimum atomic E-state index is -1.27. The van der Waals surface area contributed by atoms with Crippen molar-refractivity contribution < 1.29 is 23.5 Å². The normalized spacial score (nSPS) is 12.7. The van der Waals surface area contributed by atoms with E-state index in [-0.39, 0.29) is 11.3 Å². The molecular formula is C13H17FN2O4. The van der Waals surface area contributed by atoms with Crippen LogP contribution in [0.2, 0.25) is 0 Å². The molecule has 0 aliphatic heterocycles. The minimum absolute atomic E-state index is 0.0592. The number of halogens is 1. The van der Waals surface area contributed by atoms with Crippen molar-refractivity contribution in [2.45, 2.75) is 32.4 Å². The third-order valence-electron chi connectivity index (χ3n) is 2.19. The molecular weight excluding hydrogens is 267 g/mol. The monoisotopic (exact) mass is 284 g/mol. The van der Waals surface area contributed by atoms with Gasteiger partial charge < -0.3 is 20.9 Å². The molecule has 6 nitrogen and oxygen atoms in total. The number of benzene rings is 1. The van der Waals surface area contributed by atoms with Crippen molar-refractivity contribution >= 4 is 12.1 Å². The number of primary amides is 1. The van der Waals surface area contributed by atoms with E-state index in [1.807, 2.05) is 0 Å². The average Bonchev–Trinajstić information content (AvgIpc) is 2.25. The van der Waals surface area contributed by atoms with Crippen molar-refractivity contribution in [3.05, 3.63) is 29.6 Å². The van der Waals surface area contributed by atoms with Gasteiger partial charge in [-0.15, -0.1) is 0 Å². The first-order chi connectivity index (χ1) is 9.10. The molecule has 0 heterocycles. The fourth-order valence-corrected chi connectivity index (χ4v) is 1.43. The number of nitrogens with two attached hydrogens (primary N) is 2. The third-order valence-corrected chi connectivity index (χ3v) is 2.19. The Hall–Kier alpha value is -2.15. The van der Waals surface area contributed by atoms with Crippen LogP contribution in [0.1, 0.15) is 32.4 Å². The second-order valence-electron chi connectivity index (χ2n) is 5.12. The number of hydrogen-bond acceptors (Lipinski definition) is 5. The SMILES string of the molecule is CC(C)(C)OC(=O)C(N)c1ccc(OC(N)=O)cc1F. The van der Waals surface area contributed by atoms with Crippen LogP contribution in [0, 0.1) is 5.82 Å². The third kappa shape index (κ3) is 4.51. The highest BCUT2D eigenvalue weighted by atomic mass is 19.1. The standard InChI is InChI=1S/C13H17FN2O4/c1-13(2,3)20-11(17)10(15)8-5-4-7(6-9(8)14)19-12(16)18/h4-6,10H,15H2,1-3H3,(H2,16,18). The van der Waals surface area contributed by atoms with E-state index in [0.29, 0.717) is 0 Å². The van der Waals surface area contributed by atoms with Crippen molar-refractivity contribution in [3.8, 4) is 5.75 Å². The van der Waals surface area contributed by atoms with Gasteiger partial charge in [-0.2, -0.15) is 0 Å². The fourth-order valence-electron chi connectivity index (χ4n) is 1.43. The Balaban J connectivity index is 2.91. The Morgan fingerprint density at radius 2 is 1.90 bits per heavy atom. The molecule has 0 radical (unpaired) electrons. The van der Waals surface area contributed by atoms with Crippen LogP contribution in [0.5, 0.6) is 5.75 Å². The summed E-state index contributed by atoms with van der Waals surface area (Å²) in [5, 5.41) is 0. The molecule has 1 atom stereocenters. The highest BCUT2D eigenvalue weighted by Crippen LogP contribution is 2.23. The Morgan fingerprint density at radius 1 is 1.30 bits per heavy atom. The minimum Gasteiger partial charge on any atom is -0.459 e. The summed E-state index contributed by atoms with van der Waals surface area (Å²) in [4.78, 5) is 22.3. The summed E-state index contributed by atoms with van der Waals surface area (Å²) in [6.45, 7) is 5.04. The van der Waals surface area contributed by atoms with Crippen LogP contribution in [-0.2, 0) is 9.53 Å². The van der Waals surface area contributed by atoms with E-state index < -0.39 is 29.5 Å². The van der Waals surface area contributed by atoms with Crippen LogP contribution in [-0.4, -0.2) is 17.7 Å². The summed E-state index contributed by atoms with van der Waals surface area (Å²) >= 11 is 0. The summed E-state index contributed by atoms with van der Waals surface area (Å²) in [7, 11) is 0. The van der Waals surface area contributed by atoms with E-state index in [9.17, 15) is 14.0 Å². The van der Waals surface area contributed by atoms with Gasteiger partial charge in [0, 0.05) is 11.6 Å². The van der Waals surface area contributed by atoms with Crippen LogP contribution in [0.25, 0.3) is 0 Å². The van der Waals surface area contributed by atoms with Gasteiger partial charge in [0.1, 0.15) is 23.2 Å². The van der Waals surface area contributed by atoms with E-state index in [0.717, 1.165) is 6.07 Å². The van der Waals surface area contributed by atoms with Gasteiger partial charge in [-0.05, 0) is 26.8 Å². The van der Waals surface area contributed by atoms with E-state index in [4.69, 9.17) is 16.2 Å². The highest BCUT2D eigenvalue weighted by Gasteiger charge is 2.25. The second-order valence-corrected chi connectivity index (χ2v) is 5.12. The Bertz CT molecular complexity index is 526. The molecule has 4 N–H and O–H groups in total. The number of carbonyl (C=O) groups is 2. The molecule has 1 aromatic carbocycles. The predicted octanol–water partition coefficient (Wildman–Crippen LogP) is 1.62. The zero-order valence-corrected chi connectivity index (χ0v) is 11.5. The molecule has 1 aromatic rings. The molecule has 0 saturated heterocycles. The van der Waals surface area contributed by atoms with Crippen LogP contribution >= 0.6 is 0 Å². The van der Waals surface area contributed by atoms with E-state index in [1.165, 1.54) is 12.1 Å². The van der Waals surface area contributed by atoms with Crippen LogP contribution < -0.4 is 16.2 Å². The fraction of sp³-hybridized carbons (Fsp3) is 0.385. The summed E-state index contributed by atoms with van der Waals surface area (Å²) in [6, 6.07) is 2.18. The summed E-state index contributed by atoms with van der Waals surface area (Å²) < 4.78 is 23.4. The Labute approximate surface area is 115 Å². The van der Waals surface area contributed by atoms with Gasteiger partial charge in [-0.25, -0.2) is 14.0 Å². The van der Waals surface area contributed by atoms with Gasteiger partial charge in [0.25, 0.3) is 0 Å². The molecule has 0 fully saturated rings. The quantitative estimate of drug-likeness (QED) is 0.821. The maximum atomic E-state index is 13.8. The van der Waals surface area contributed by atoms with E-state index in [2.05, 4.69) is 4.74 Å². The summed E-state index contributed by atoms with van der Waals surface area (Å²) in [5.74, 6) is -1.61. The molecule has 110 valence electrons. The highest BCUT2D eigenvalue weighted by molar-refractivity contribution is 5.78. The van der Waals surface area contributed by atoms with Gasteiger partial charge >= 0.3 is 12.1 Å². The van der Waals surface area contributed by atoms with Gasteiger partial charge in [0.05, 0.1) is 0 Å². The van der Waals surface area contributed by atoms with Crippen molar-refractivity contribution in [1.82, 2.24) is 0 Å². The largest absolute Gasteiger partial charge is 0.459 e. The zero-order chi connectivity index (χ0) is 15.5. The Kier molecular flexibility index (Phi) is 4.67. The van der Waals surface area contributed by atoms with Gasteiger partial charge in [0.2, 0.25) is 0 Å². The van der Waals surface area contributed by atoms with Crippen LogP contribution in [0.4, 0.5) is 9.18 Å². The average molecular weight is 284 g/mol. The molecule has 0 spiro atoms. The number of esters is 1. The number of carbonyl (C=O) groups excluding carboxylic acids is 2. The van der Waals surface area contributed by atoms with Gasteiger partial charge in [0.15, 0.2) is 0 Å². The van der Waals surface area contributed by atoms with Gasteiger partial charge in [-0.3, -0.25) is 0 Å². The first kappa shape index (κ1) is 15.9. The Morgan fingerprint density at radius 3 is 2.35 bits per heavy atom.